The molecule has 0 radical (unpaired) electrons. The molecule has 37 heavy (non-hydrogen) atoms. The van der Waals surface area contributed by atoms with Crippen LogP contribution in [0.15, 0.2) is 79.1 Å². The van der Waals surface area contributed by atoms with Crippen LogP contribution >= 0.6 is 0 Å². The molecule has 0 bridgehead atoms. The predicted molar refractivity (Wildman–Crippen MR) is 146 cm³/mol. The molecule has 1 N–H and O–H groups in total. The van der Waals surface area contributed by atoms with Crippen LogP contribution in [0, 0.1) is 12.3 Å². The van der Waals surface area contributed by atoms with Crippen molar-refractivity contribution >= 4 is 44.0 Å². The highest BCUT2D eigenvalue weighted by atomic mass is 16.2. The number of carbonyl (C=O) groups is 1. The molecule has 0 atom stereocenters. The lowest BCUT2D eigenvalue weighted by atomic mass is 9.82. The van der Waals surface area contributed by atoms with Crippen molar-refractivity contribution < 1.29 is 4.79 Å². The van der Waals surface area contributed by atoms with Gasteiger partial charge >= 0.3 is 0 Å². The summed E-state index contributed by atoms with van der Waals surface area (Å²) in [5.74, 6) is 2.67. The lowest BCUT2D eigenvalue weighted by molar-refractivity contribution is -0.116. The van der Waals surface area contributed by atoms with E-state index in [0.717, 1.165) is 40.6 Å². The van der Waals surface area contributed by atoms with Crippen LogP contribution in [0.5, 0.6) is 0 Å². The summed E-state index contributed by atoms with van der Waals surface area (Å²) in [7, 11) is 0. The van der Waals surface area contributed by atoms with Crippen molar-refractivity contribution in [2.45, 2.75) is 19.4 Å². The number of pyridine rings is 1. The zero-order valence-electron chi connectivity index (χ0n) is 19.9. The lowest BCUT2D eigenvalue weighted by Crippen LogP contribution is -2.19. The van der Waals surface area contributed by atoms with Gasteiger partial charge in [0.15, 0.2) is 0 Å². The molecule has 6 aromatic rings. The first-order chi connectivity index (χ1) is 18.2. The third-order valence-electron chi connectivity index (χ3n) is 7.19. The molecular formula is C31H21N5O. The number of fused-ring (bicyclic) bond motifs is 1. The van der Waals surface area contributed by atoms with Crippen LogP contribution in [0.4, 0.5) is 5.69 Å². The minimum Gasteiger partial charge on any atom is -0.323 e. The van der Waals surface area contributed by atoms with Gasteiger partial charge in [-0.25, -0.2) is 4.68 Å². The average molecular weight is 480 g/mol. The first-order valence-electron chi connectivity index (χ1n) is 12.2. The predicted octanol–water partition coefficient (Wildman–Crippen LogP) is 5.52. The molecule has 0 fully saturated rings. The van der Waals surface area contributed by atoms with Crippen LogP contribution < -0.4 is 5.32 Å². The van der Waals surface area contributed by atoms with E-state index >= 15 is 0 Å². The number of nitrogens with one attached hydrogen (secondary N) is 1. The van der Waals surface area contributed by atoms with Crippen LogP contribution in [-0.2, 0) is 24.2 Å². The van der Waals surface area contributed by atoms with E-state index in [-0.39, 0.29) is 12.5 Å². The number of hydrogen-bond donors (Lipinski definition) is 1. The molecule has 4 aromatic carbocycles. The van der Waals surface area contributed by atoms with Crippen molar-refractivity contribution in [1.29, 1.82) is 0 Å². The van der Waals surface area contributed by atoms with Crippen LogP contribution in [0.25, 0.3) is 43.7 Å². The van der Waals surface area contributed by atoms with Crippen molar-refractivity contribution in [1.82, 2.24) is 20.0 Å². The third kappa shape index (κ3) is 3.44. The normalized spacial score (nSPS) is 12.3. The number of anilines is 1. The first-order valence-corrected chi connectivity index (χ1v) is 12.2. The highest BCUT2D eigenvalue weighted by Crippen LogP contribution is 2.40. The highest BCUT2D eigenvalue weighted by Gasteiger charge is 2.22. The summed E-state index contributed by atoms with van der Waals surface area (Å²) in [6, 6.07) is 22.3. The Balaban J connectivity index is 1.23. The van der Waals surface area contributed by atoms with Crippen LogP contribution in [0.3, 0.4) is 0 Å². The summed E-state index contributed by atoms with van der Waals surface area (Å²) in [6.45, 7) is 0.0533. The summed E-state index contributed by atoms with van der Waals surface area (Å²) >= 11 is 0. The number of para-hydroxylation sites is 1. The van der Waals surface area contributed by atoms with E-state index in [1.165, 1.54) is 32.7 Å². The number of aryl methyl sites for hydroxylation is 2. The van der Waals surface area contributed by atoms with E-state index in [2.05, 4.69) is 56.9 Å². The molecule has 7 rings (SSSR count). The second-order valence-electron chi connectivity index (χ2n) is 9.32. The molecule has 176 valence electrons. The molecule has 6 nitrogen and oxygen atoms in total. The van der Waals surface area contributed by atoms with E-state index in [0.29, 0.717) is 5.69 Å². The maximum atomic E-state index is 12.8. The number of benzene rings is 4. The van der Waals surface area contributed by atoms with Gasteiger partial charge in [0.2, 0.25) is 5.91 Å². The fourth-order valence-electron chi connectivity index (χ4n) is 5.57. The molecule has 0 aliphatic heterocycles. The van der Waals surface area contributed by atoms with Crippen LogP contribution in [0.2, 0.25) is 0 Å². The van der Waals surface area contributed by atoms with E-state index in [9.17, 15) is 4.79 Å². The van der Waals surface area contributed by atoms with Gasteiger partial charge in [0.1, 0.15) is 12.2 Å². The Kier molecular flexibility index (Phi) is 4.76. The Morgan fingerprint density at radius 3 is 2.54 bits per heavy atom. The Morgan fingerprint density at radius 1 is 0.919 bits per heavy atom. The van der Waals surface area contributed by atoms with Gasteiger partial charge < -0.3 is 5.32 Å². The number of hydrogen-bond acceptors (Lipinski definition) is 4. The third-order valence-corrected chi connectivity index (χ3v) is 7.19. The number of carbonyl (C=O) groups excluding carboxylic acids is 1. The number of aromatic nitrogens is 4. The van der Waals surface area contributed by atoms with E-state index in [4.69, 9.17) is 6.42 Å². The average Bonchev–Trinajstić information content (AvgIpc) is 3.39. The van der Waals surface area contributed by atoms with Gasteiger partial charge in [-0.15, -0.1) is 11.5 Å². The molecule has 0 spiro atoms. The van der Waals surface area contributed by atoms with Gasteiger partial charge in [-0.3, -0.25) is 9.78 Å². The molecule has 0 unspecified atom stereocenters. The summed E-state index contributed by atoms with van der Waals surface area (Å²) in [5.41, 5.74) is 6.70. The molecule has 2 aromatic heterocycles. The fourth-order valence-corrected chi connectivity index (χ4v) is 5.57. The van der Waals surface area contributed by atoms with Crippen molar-refractivity contribution in [3.8, 4) is 23.6 Å². The number of nitrogens with zero attached hydrogens (tertiary/aromatic N) is 4. The van der Waals surface area contributed by atoms with E-state index < -0.39 is 0 Å². The lowest BCUT2D eigenvalue weighted by Gasteiger charge is -2.22. The molecule has 1 aliphatic rings. The number of terminal acetylenes is 1. The quantitative estimate of drug-likeness (QED) is 0.267. The second-order valence-corrected chi connectivity index (χ2v) is 9.32. The minimum absolute atomic E-state index is 0.0533. The van der Waals surface area contributed by atoms with Crippen molar-refractivity contribution in [3.05, 3.63) is 95.8 Å². The Morgan fingerprint density at radius 2 is 1.68 bits per heavy atom. The maximum Gasteiger partial charge on any atom is 0.246 e. The summed E-state index contributed by atoms with van der Waals surface area (Å²) in [4.78, 5) is 17.2. The Bertz CT molecular complexity index is 1920. The molecular weight excluding hydrogens is 458 g/mol. The van der Waals surface area contributed by atoms with E-state index in [1.807, 2.05) is 42.6 Å². The first kappa shape index (κ1) is 21.3. The number of rotatable bonds is 4. The monoisotopic (exact) mass is 479 g/mol. The standard InChI is InChI=1S/C31H21N5O/c1-2-19-8-9-20-10-11-21-12-13-24(25-15-14-23(19)29(20)30(21)25)27-17-36(35-34-27)18-28(37)33-26-7-3-5-22-6-4-16-32-31(22)26/h1,3-13,16-17H,14-15,18H2,(H,33,37). The van der Waals surface area contributed by atoms with Gasteiger partial charge in [-0.2, -0.15) is 0 Å². The summed E-state index contributed by atoms with van der Waals surface area (Å²) in [6.07, 6.45) is 11.1. The molecule has 0 saturated heterocycles. The van der Waals surface area contributed by atoms with Crippen molar-refractivity contribution in [2.75, 3.05) is 5.32 Å². The topological polar surface area (TPSA) is 72.7 Å². The maximum absolute atomic E-state index is 12.8. The second kappa shape index (κ2) is 8.28. The molecule has 6 heteroatoms. The van der Waals surface area contributed by atoms with Crippen LogP contribution in [0.1, 0.15) is 16.7 Å². The summed E-state index contributed by atoms with van der Waals surface area (Å²) in [5, 5.41) is 17.5. The molecule has 1 amide bonds. The Hall–Kier alpha value is -5.02. The summed E-state index contributed by atoms with van der Waals surface area (Å²) < 4.78 is 1.58. The van der Waals surface area contributed by atoms with Crippen LogP contribution in [-0.4, -0.2) is 25.9 Å². The van der Waals surface area contributed by atoms with Gasteiger partial charge in [0, 0.05) is 22.7 Å². The minimum atomic E-state index is -0.188. The zero-order valence-corrected chi connectivity index (χ0v) is 19.9. The van der Waals surface area contributed by atoms with Gasteiger partial charge in [-0.1, -0.05) is 59.7 Å². The van der Waals surface area contributed by atoms with Crippen molar-refractivity contribution in [2.24, 2.45) is 0 Å². The Labute approximate surface area is 212 Å². The van der Waals surface area contributed by atoms with Gasteiger partial charge in [0.25, 0.3) is 0 Å². The van der Waals surface area contributed by atoms with Gasteiger partial charge in [0.05, 0.1) is 17.4 Å². The van der Waals surface area contributed by atoms with Gasteiger partial charge in [-0.05, 0) is 63.7 Å². The van der Waals surface area contributed by atoms with E-state index in [1.54, 1.807) is 10.9 Å². The SMILES string of the molecule is C#Cc1ccc2ccc3ccc(-c4cn(CC(=O)Nc5cccc6cccnc56)nn4)c4c3c2c1CC4. The molecule has 0 saturated carbocycles. The fraction of sp³-hybridized carbons (Fsp3) is 0.0968. The molecule has 2 heterocycles. The highest BCUT2D eigenvalue weighted by molar-refractivity contribution is 6.13. The zero-order chi connectivity index (χ0) is 24.9. The number of amides is 1. The molecule has 1 aliphatic carbocycles. The van der Waals surface area contributed by atoms with Crippen molar-refractivity contribution in [3.63, 3.8) is 0 Å². The largest absolute Gasteiger partial charge is 0.323 e. The smallest absolute Gasteiger partial charge is 0.246 e.